The molecule has 0 aliphatic carbocycles. The fourth-order valence-electron chi connectivity index (χ4n) is 2.65. The van der Waals surface area contributed by atoms with Crippen LogP contribution in [0.1, 0.15) is 90.4 Å². The van der Waals surface area contributed by atoms with Crippen molar-refractivity contribution in [2.24, 2.45) is 0 Å². The van der Waals surface area contributed by atoms with Crippen molar-refractivity contribution >= 4 is 16.0 Å². The summed E-state index contributed by atoms with van der Waals surface area (Å²) < 4.78 is 31.2. The molecule has 0 aromatic heterocycles. The first kappa shape index (κ1) is 28.3. The molecule has 0 aromatic rings. The summed E-state index contributed by atoms with van der Waals surface area (Å²) in [5.74, 6) is -0.909. The van der Waals surface area contributed by atoms with E-state index < -0.39 is 15.9 Å². The summed E-state index contributed by atoms with van der Waals surface area (Å²) in [5.41, 5.74) is 0. The molecule has 0 unspecified atom stereocenters. The number of allylic oxidation sites excluding steroid dienone is 1. The summed E-state index contributed by atoms with van der Waals surface area (Å²) in [6.45, 7) is 2.11. The summed E-state index contributed by atoms with van der Waals surface area (Å²) in [6, 6.07) is 0. The second kappa shape index (κ2) is 19.9. The maximum Gasteiger partial charge on any atom is 1.00 e. The molecule has 5 nitrogen and oxygen atoms in total. The van der Waals surface area contributed by atoms with E-state index in [0.29, 0.717) is 0 Å². The third-order valence-electron chi connectivity index (χ3n) is 4.14. The van der Waals surface area contributed by atoms with Crippen LogP contribution in [-0.2, 0) is 14.9 Å². The molecule has 0 radical (unpaired) electrons. The summed E-state index contributed by atoms with van der Waals surface area (Å²) >= 11 is 0. The van der Waals surface area contributed by atoms with Gasteiger partial charge in [-0.1, -0.05) is 83.6 Å². The first-order valence-corrected chi connectivity index (χ1v) is 11.4. The Labute approximate surface area is 182 Å². The van der Waals surface area contributed by atoms with Crippen LogP contribution >= 0.6 is 0 Å². The Kier molecular flexibility index (Phi) is 21.7. The van der Waals surface area contributed by atoms with Crippen molar-refractivity contribution in [1.29, 1.82) is 0 Å². The van der Waals surface area contributed by atoms with E-state index >= 15 is 0 Å². The molecule has 0 bridgehead atoms. The number of carbonyl (C=O) groups is 1. The van der Waals surface area contributed by atoms with Gasteiger partial charge in [-0.15, -0.1) is 0 Å². The maximum atomic E-state index is 11.4. The molecule has 1 amide bonds. The first-order chi connectivity index (χ1) is 12.0. The van der Waals surface area contributed by atoms with Gasteiger partial charge < -0.3 is 9.87 Å². The van der Waals surface area contributed by atoms with Crippen LogP contribution in [0, 0.1) is 0 Å². The number of hydrogen-bond acceptors (Lipinski definition) is 4. The van der Waals surface area contributed by atoms with Crippen molar-refractivity contribution in [3.05, 3.63) is 12.2 Å². The van der Waals surface area contributed by atoms with Crippen LogP contribution < -0.4 is 34.9 Å². The number of unbranched alkanes of at least 4 members (excludes halogenated alkanes) is 12. The van der Waals surface area contributed by atoms with E-state index in [0.717, 1.165) is 12.8 Å². The standard InChI is InChI=1S/C19H37NO4S.Na/c1-2-3-4-5-6-7-8-9-10-11-12-13-14-15-16-19(21)20-17-18-25(22,23)24;/h15-16H,2-14,17-18H2,1H3,(H,20,21)(H,22,23,24);/q;+1/p-1. The third kappa shape index (κ3) is 24.1. The topological polar surface area (TPSA) is 86.3 Å². The molecule has 0 aromatic carbocycles. The Morgan fingerprint density at radius 2 is 1.35 bits per heavy atom. The van der Waals surface area contributed by atoms with Gasteiger partial charge in [-0.05, 0) is 18.9 Å². The maximum absolute atomic E-state index is 11.4. The zero-order valence-corrected chi connectivity index (χ0v) is 19.6. The molecule has 0 saturated heterocycles. The monoisotopic (exact) mass is 397 g/mol. The van der Waals surface area contributed by atoms with Gasteiger partial charge in [0.05, 0.1) is 15.9 Å². The van der Waals surface area contributed by atoms with Crippen LogP contribution in [0.5, 0.6) is 0 Å². The van der Waals surface area contributed by atoms with Gasteiger partial charge in [0.1, 0.15) is 0 Å². The SMILES string of the molecule is CCCCCCCCCCCCCCC=CC(=O)NCCS(=O)(=O)[O-].[Na+]. The van der Waals surface area contributed by atoms with Crippen LogP contribution in [0.4, 0.5) is 0 Å². The minimum absolute atomic E-state index is 0. The van der Waals surface area contributed by atoms with Crippen LogP contribution in [0.2, 0.25) is 0 Å². The molecule has 0 aliphatic heterocycles. The summed E-state index contributed by atoms with van der Waals surface area (Å²) in [4.78, 5) is 11.4. The average Bonchev–Trinajstić information content (AvgIpc) is 2.54. The fourth-order valence-corrected chi connectivity index (χ4v) is 3.00. The number of rotatable bonds is 17. The van der Waals surface area contributed by atoms with E-state index in [1.807, 2.05) is 0 Å². The van der Waals surface area contributed by atoms with Gasteiger partial charge >= 0.3 is 29.6 Å². The number of carbonyl (C=O) groups excluding carboxylic acids is 1. The molecule has 0 spiro atoms. The Bertz CT molecular complexity index is 452. The zero-order valence-electron chi connectivity index (χ0n) is 16.8. The Balaban J connectivity index is 0. The Morgan fingerprint density at radius 1 is 0.885 bits per heavy atom. The smallest absolute Gasteiger partial charge is 0.748 e. The molecule has 0 atom stereocenters. The van der Waals surface area contributed by atoms with E-state index in [1.165, 1.54) is 76.7 Å². The van der Waals surface area contributed by atoms with Gasteiger partial charge in [-0.2, -0.15) is 0 Å². The fraction of sp³-hybridized carbons (Fsp3) is 0.842. The van der Waals surface area contributed by atoms with Gasteiger partial charge in [0, 0.05) is 6.54 Å². The molecule has 0 heterocycles. The molecular weight excluding hydrogens is 361 g/mol. The van der Waals surface area contributed by atoms with E-state index in [2.05, 4.69) is 12.2 Å². The Hall–Kier alpha value is 0.120. The van der Waals surface area contributed by atoms with Crippen LogP contribution in [0.25, 0.3) is 0 Å². The van der Waals surface area contributed by atoms with E-state index in [1.54, 1.807) is 6.08 Å². The largest absolute Gasteiger partial charge is 1.00 e. The predicted molar refractivity (Wildman–Crippen MR) is 102 cm³/mol. The summed E-state index contributed by atoms with van der Waals surface area (Å²) in [5, 5.41) is 2.38. The molecule has 0 aliphatic rings. The number of nitrogens with one attached hydrogen (secondary N) is 1. The minimum atomic E-state index is -4.26. The van der Waals surface area contributed by atoms with Gasteiger partial charge in [-0.3, -0.25) is 4.79 Å². The molecule has 1 N–H and O–H groups in total. The van der Waals surface area contributed by atoms with Crippen LogP contribution in [0.15, 0.2) is 12.2 Å². The quantitative estimate of drug-likeness (QED) is 0.173. The van der Waals surface area contributed by atoms with Crippen molar-refractivity contribution in [2.45, 2.75) is 90.4 Å². The molecule has 26 heavy (non-hydrogen) atoms. The summed E-state index contributed by atoms with van der Waals surface area (Å²) in [6.07, 6.45) is 19.7. The van der Waals surface area contributed by atoms with Gasteiger partial charge in [-0.25, -0.2) is 8.42 Å². The Morgan fingerprint density at radius 3 is 1.81 bits per heavy atom. The van der Waals surface area contributed by atoms with Crippen molar-refractivity contribution < 1.29 is 47.3 Å². The van der Waals surface area contributed by atoms with Crippen molar-refractivity contribution in [2.75, 3.05) is 12.3 Å². The average molecular weight is 398 g/mol. The number of hydrogen-bond donors (Lipinski definition) is 1. The van der Waals surface area contributed by atoms with Crippen molar-refractivity contribution in [3.8, 4) is 0 Å². The first-order valence-electron chi connectivity index (χ1n) is 9.83. The predicted octanol–water partition coefficient (Wildman–Crippen LogP) is 1.30. The molecule has 0 saturated carbocycles. The zero-order chi connectivity index (χ0) is 18.8. The summed E-state index contributed by atoms with van der Waals surface area (Å²) in [7, 11) is -4.26. The van der Waals surface area contributed by atoms with Gasteiger partial charge in [0.2, 0.25) is 5.91 Å². The second-order valence-electron chi connectivity index (χ2n) is 6.63. The molecule has 7 heteroatoms. The molecule has 0 rings (SSSR count). The van der Waals surface area contributed by atoms with Crippen LogP contribution in [0.3, 0.4) is 0 Å². The molecule has 0 fully saturated rings. The van der Waals surface area contributed by atoms with Gasteiger partial charge in [0.15, 0.2) is 0 Å². The van der Waals surface area contributed by atoms with E-state index in [4.69, 9.17) is 0 Å². The molecule has 148 valence electrons. The third-order valence-corrected chi connectivity index (χ3v) is 4.85. The molecular formula is C19H36NNaO4S. The number of amides is 1. The second-order valence-corrected chi connectivity index (χ2v) is 8.16. The van der Waals surface area contributed by atoms with E-state index in [-0.39, 0.29) is 42.0 Å². The van der Waals surface area contributed by atoms with Crippen molar-refractivity contribution in [3.63, 3.8) is 0 Å². The van der Waals surface area contributed by atoms with Crippen LogP contribution in [-0.4, -0.2) is 31.2 Å². The minimum Gasteiger partial charge on any atom is -0.748 e. The van der Waals surface area contributed by atoms with E-state index in [9.17, 15) is 17.8 Å². The van der Waals surface area contributed by atoms with Gasteiger partial charge in [0.25, 0.3) is 0 Å². The van der Waals surface area contributed by atoms with Crippen molar-refractivity contribution in [1.82, 2.24) is 5.32 Å². The normalized spacial score (nSPS) is 11.5.